The standard InChI is InChI=1S/C14H20N2O2/c1-14(2,3)18-13(17)16-12-8-11(12)9-4-6-10(15)7-5-9/h4-7,11-12H,8,15H2,1-3H3,(H,16,17)/t11-,12-/m1/s1. The third-order valence-electron chi connectivity index (χ3n) is 2.86. The highest BCUT2D eigenvalue weighted by Gasteiger charge is 2.40. The average Bonchev–Trinajstić information content (AvgIpc) is 2.95. The SMILES string of the molecule is CC(C)(C)OC(=O)N[C@@H]1C[C@@H]1c1ccc(N)cc1. The minimum atomic E-state index is -0.449. The molecule has 0 bridgehead atoms. The molecule has 0 heterocycles. The van der Waals surface area contributed by atoms with E-state index in [1.165, 1.54) is 5.56 Å². The zero-order valence-electron chi connectivity index (χ0n) is 11.1. The predicted molar refractivity (Wildman–Crippen MR) is 71.4 cm³/mol. The zero-order valence-corrected chi connectivity index (χ0v) is 11.1. The lowest BCUT2D eigenvalue weighted by Crippen LogP contribution is -2.34. The predicted octanol–water partition coefficient (Wildman–Crippen LogP) is 2.65. The number of ether oxygens (including phenoxy) is 1. The zero-order chi connectivity index (χ0) is 13.3. The lowest BCUT2D eigenvalue weighted by molar-refractivity contribution is 0.0523. The van der Waals surface area contributed by atoms with Crippen LogP contribution in [0, 0.1) is 0 Å². The molecule has 0 saturated heterocycles. The fourth-order valence-corrected chi connectivity index (χ4v) is 1.93. The number of carbonyl (C=O) groups is 1. The van der Waals surface area contributed by atoms with Crippen molar-refractivity contribution in [3.05, 3.63) is 29.8 Å². The van der Waals surface area contributed by atoms with Gasteiger partial charge >= 0.3 is 6.09 Å². The van der Waals surface area contributed by atoms with Gasteiger partial charge in [-0.25, -0.2) is 4.79 Å². The van der Waals surface area contributed by atoms with E-state index in [1.54, 1.807) is 0 Å². The van der Waals surface area contributed by atoms with Crippen LogP contribution in [-0.4, -0.2) is 17.7 Å². The smallest absolute Gasteiger partial charge is 0.407 e. The first-order chi connectivity index (χ1) is 8.35. The number of alkyl carbamates (subject to hydrolysis) is 1. The van der Waals surface area contributed by atoms with Gasteiger partial charge in [0, 0.05) is 17.6 Å². The number of nitrogen functional groups attached to an aromatic ring is 1. The van der Waals surface area contributed by atoms with E-state index in [0.29, 0.717) is 5.92 Å². The van der Waals surface area contributed by atoms with Gasteiger partial charge in [0.25, 0.3) is 0 Å². The van der Waals surface area contributed by atoms with Crippen molar-refractivity contribution in [1.82, 2.24) is 5.32 Å². The number of carbonyl (C=O) groups excluding carboxylic acids is 1. The number of nitrogens with two attached hydrogens (primary N) is 1. The third kappa shape index (κ3) is 3.39. The number of nitrogens with one attached hydrogen (secondary N) is 1. The molecule has 3 N–H and O–H groups in total. The summed E-state index contributed by atoms with van der Waals surface area (Å²) in [7, 11) is 0. The Kier molecular flexibility index (Phi) is 3.20. The van der Waals surface area contributed by atoms with Gasteiger partial charge in [0.1, 0.15) is 5.60 Å². The molecule has 1 fully saturated rings. The summed E-state index contributed by atoms with van der Waals surface area (Å²) in [6.07, 6.45) is 0.619. The Morgan fingerprint density at radius 3 is 2.50 bits per heavy atom. The summed E-state index contributed by atoms with van der Waals surface area (Å²) in [5.41, 5.74) is 7.17. The van der Waals surface area contributed by atoms with E-state index in [9.17, 15) is 4.79 Å². The topological polar surface area (TPSA) is 64.3 Å². The van der Waals surface area contributed by atoms with E-state index in [0.717, 1.165) is 12.1 Å². The van der Waals surface area contributed by atoms with Gasteiger partial charge in [-0.15, -0.1) is 0 Å². The van der Waals surface area contributed by atoms with Gasteiger partial charge in [0.2, 0.25) is 0 Å². The van der Waals surface area contributed by atoms with Crippen LogP contribution in [0.15, 0.2) is 24.3 Å². The van der Waals surface area contributed by atoms with Crippen LogP contribution < -0.4 is 11.1 Å². The van der Waals surface area contributed by atoms with Crippen LogP contribution >= 0.6 is 0 Å². The number of rotatable bonds is 2. The Bertz CT molecular complexity index is 434. The molecule has 0 spiro atoms. The summed E-state index contributed by atoms with van der Waals surface area (Å²) in [6, 6.07) is 7.98. The summed E-state index contributed by atoms with van der Waals surface area (Å²) in [6.45, 7) is 5.57. The molecule has 0 radical (unpaired) electrons. The second kappa shape index (κ2) is 4.52. The maximum Gasteiger partial charge on any atom is 0.407 e. The molecule has 18 heavy (non-hydrogen) atoms. The number of benzene rings is 1. The Hall–Kier alpha value is -1.71. The van der Waals surface area contributed by atoms with Crippen molar-refractivity contribution in [1.29, 1.82) is 0 Å². The minimum Gasteiger partial charge on any atom is -0.444 e. The number of hydrogen-bond donors (Lipinski definition) is 2. The molecule has 1 aliphatic carbocycles. The fraction of sp³-hybridized carbons (Fsp3) is 0.500. The van der Waals surface area contributed by atoms with Crippen LogP contribution in [0.5, 0.6) is 0 Å². The van der Waals surface area contributed by atoms with E-state index in [4.69, 9.17) is 10.5 Å². The second-order valence-corrected chi connectivity index (χ2v) is 5.76. The monoisotopic (exact) mass is 248 g/mol. The third-order valence-corrected chi connectivity index (χ3v) is 2.86. The van der Waals surface area contributed by atoms with Crippen molar-refractivity contribution < 1.29 is 9.53 Å². The van der Waals surface area contributed by atoms with Crippen molar-refractivity contribution in [2.24, 2.45) is 0 Å². The molecule has 0 aromatic heterocycles. The molecule has 1 amide bonds. The number of amides is 1. The van der Waals surface area contributed by atoms with Crippen molar-refractivity contribution >= 4 is 11.8 Å². The number of hydrogen-bond acceptors (Lipinski definition) is 3. The van der Waals surface area contributed by atoms with Crippen LogP contribution in [0.4, 0.5) is 10.5 Å². The fourth-order valence-electron chi connectivity index (χ4n) is 1.93. The molecule has 4 heteroatoms. The van der Waals surface area contributed by atoms with Crippen molar-refractivity contribution in [2.75, 3.05) is 5.73 Å². The maximum absolute atomic E-state index is 11.6. The Labute approximate surface area is 108 Å². The van der Waals surface area contributed by atoms with Crippen LogP contribution in [0.2, 0.25) is 0 Å². The lowest BCUT2D eigenvalue weighted by atomic mass is 10.1. The van der Waals surface area contributed by atoms with Gasteiger partial charge in [-0.1, -0.05) is 12.1 Å². The van der Waals surface area contributed by atoms with E-state index < -0.39 is 5.60 Å². The minimum absolute atomic E-state index is 0.184. The summed E-state index contributed by atoms with van der Waals surface area (Å²) < 4.78 is 5.22. The molecular formula is C14H20N2O2. The van der Waals surface area contributed by atoms with Gasteiger partial charge in [-0.05, 0) is 44.9 Å². The highest BCUT2D eigenvalue weighted by molar-refractivity contribution is 5.69. The molecule has 2 rings (SSSR count). The van der Waals surface area contributed by atoms with Gasteiger partial charge in [0.05, 0.1) is 0 Å². The summed E-state index contributed by atoms with van der Waals surface area (Å²) in [5.74, 6) is 0.387. The molecule has 0 aliphatic heterocycles. The number of anilines is 1. The summed E-state index contributed by atoms with van der Waals surface area (Å²) >= 11 is 0. The van der Waals surface area contributed by atoms with Gasteiger partial charge in [0.15, 0.2) is 0 Å². The molecule has 98 valence electrons. The molecule has 1 aromatic rings. The van der Waals surface area contributed by atoms with Crippen molar-refractivity contribution in [2.45, 2.75) is 44.8 Å². The molecule has 1 saturated carbocycles. The van der Waals surface area contributed by atoms with Crippen LogP contribution in [0.25, 0.3) is 0 Å². The van der Waals surface area contributed by atoms with E-state index in [-0.39, 0.29) is 12.1 Å². The molecular weight excluding hydrogens is 228 g/mol. The van der Waals surface area contributed by atoms with E-state index >= 15 is 0 Å². The van der Waals surface area contributed by atoms with Gasteiger partial charge < -0.3 is 15.8 Å². The highest BCUT2D eigenvalue weighted by Crippen LogP contribution is 2.41. The Balaban J connectivity index is 1.85. The molecule has 0 unspecified atom stereocenters. The molecule has 1 aromatic carbocycles. The summed E-state index contributed by atoms with van der Waals surface area (Å²) in [5, 5.41) is 2.88. The first-order valence-electron chi connectivity index (χ1n) is 6.20. The molecule has 1 aliphatic rings. The highest BCUT2D eigenvalue weighted by atomic mass is 16.6. The lowest BCUT2D eigenvalue weighted by Gasteiger charge is -2.19. The first-order valence-corrected chi connectivity index (χ1v) is 6.20. The van der Waals surface area contributed by atoms with Crippen molar-refractivity contribution in [3.8, 4) is 0 Å². The van der Waals surface area contributed by atoms with Gasteiger partial charge in [-0.3, -0.25) is 0 Å². The van der Waals surface area contributed by atoms with E-state index in [2.05, 4.69) is 5.32 Å². The largest absolute Gasteiger partial charge is 0.444 e. The molecule has 4 nitrogen and oxygen atoms in total. The Morgan fingerprint density at radius 2 is 1.94 bits per heavy atom. The van der Waals surface area contributed by atoms with Gasteiger partial charge in [-0.2, -0.15) is 0 Å². The molecule has 2 atom stereocenters. The first kappa shape index (κ1) is 12.7. The van der Waals surface area contributed by atoms with Crippen LogP contribution in [0.1, 0.15) is 38.7 Å². The normalized spacial score (nSPS) is 22.4. The van der Waals surface area contributed by atoms with Crippen LogP contribution in [-0.2, 0) is 4.74 Å². The van der Waals surface area contributed by atoms with E-state index in [1.807, 2.05) is 45.0 Å². The quantitative estimate of drug-likeness (QED) is 0.791. The summed E-state index contributed by atoms with van der Waals surface area (Å²) in [4.78, 5) is 11.6. The average molecular weight is 248 g/mol. The van der Waals surface area contributed by atoms with Crippen LogP contribution in [0.3, 0.4) is 0 Å². The second-order valence-electron chi connectivity index (χ2n) is 5.76. The maximum atomic E-state index is 11.6. The van der Waals surface area contributed by atoms with Crippen molar-refractivity contribution in [3.63, 3.8) is 0 Å². The Morgan fingerprint density at radius 1 is 1.33 bits per heavy atom.